The zero-order chi connectivity index (χ0) is 16.4. The van der Waals surface area contributed by atoms with Gasteiger partial charge in [-0.2, -0.15) is 13.8 Å². The molecule has 23 heavy (non-hydrogen) atoms. The lowest BCUT2D eigenvalue weighted by Gasteiger charge is -2.45. The van der Waals surface area contributed by atoms with Crippen molar-refractivity contribution in [2.24, 2.45) is 21.5 Å². The van der Waals surface area contributed by atoms with Crippen LogP contribution in [0, 0.1) is 0 Å². The Morgan fingerprint density at radius 1 is 1.09 bits per heavy atom. The molecular formula is C15H19F2N5O. The van der Waals surface area contributed by atoms with E-state index in [0.717, 1.165) is 37.8 Å². The van der Waals surface area contributed by atoms with Crippen LogP contribution in [0.25, 0.3) is 0 Å². The van der Waals surface area contributed by atoms with Gasteiger partial charge < -0.3 is 16.2 Å². The third-order valence-electron chi connectivity index (χ3n) is 4.17. The van der Waals surface area contributed by atoms with Gasteiger partial charge in [0.1, 0.15) is 11.4 Å². The number of nitrogens with two attached hydrogens (primary N) is 2. The Morgan fingerprint density at radius 2 is 1.74 bits per heavy atom. The topological polar surface area (TPSA) is 89.2 Å². The summed E-state index contributed by atoms with van der Waals surface area (Å²) in [4.78, 5) is 10.5. The molecule has 2 aliphatic rings. The molecule has 4 N–H and O–H groups in total. The van der Waals surface area contributed by atoms with E-state index in [1.165, 1.54) is 12.1 Å². The summed E-state index contributed by atoms with van der Waals surface area (Å²) in [6, 6.07) is 6.31. The summed E-state index contributed by atoms with van der Waals surface area (Å²) >= 11 is 0. The number of nitrogens with zero attached hydrogens (tertiary/aromatic N) is 3. The SMILES string of the molecule is NC1=NC2(CCCCC2)N(c2ccc(OC(F)F)cc2)C(N)=N1. The minimum absolute atomic E-state index is 0.0944. The van der Waals surface area contributed by atoms with Gasteiger partial charge in [0, 0.05) is 5.69 Å². The van der Waals surface area contributed by atoms with Gasteiger partial charge in [0.05, 0.1) is 0 Å². The smallest absolute Gasteiger partial charge is 0.387 e. The highest BCUT2D eigenvalue weighted by atomic mass is 19.3. The van der Waals surface area contributed by atoms with E-state index in [2.05, 4.69) is 14.7 Å². The molecule has 124 valence electrons. The summed E-state index contributed by atoms with van der Waals surface area (Å²) in [5.74, 6) is 0.539. The lowest BCUT2D eigenvalue weighted by atomic mass is 9.87. The van der Waals surface area contributed by atoms with Gasteiger partial charge in [-0.3, -0.25) is 4.90 Å². The number of rotatable bonds is 3. The van der Waals surface area contributed by atoms with Crippen LogP contribution < -0.4 is 21.1 Å². The molecule has 0 atom stereocenters. The van der Waals surface area contributed by atoms with Gasteiger partial charge >= 0.3 is 6.61 Å². The highest BCUT2D eigenvalue weighted by molar-refractivity contribution is 6.05. The summed E-state index contributed by atoms with van der Waals surface area (Å²) in [7, 11) is 0. The minimum atomic E-state index is -2.85. The molecule has 0 aromatic heterocycles. The van der Waals surface area contributed by atoms with Crippen LogP contribution in [0.4, 0.5) is 14.5 Å². The largest absolute Gasteiger partial charge is 0.435 e. The van der Waals surface area contributed by atoms with Gasteiger partial charge in [0.25, 0.3) is 0 Å². The molecule has 1 aliphatic heterocycles. The molecule has 0 bridgehead atoms. The normalized spacial score (nSPS) is 20.4. The number of hydrogen-bond donors (Lipinski definition) is 2. The van der Waals surface area contributed by atoms with Crippen LogP contribution in [-0.4, -0.2) is 24.2 Å². The molecule has 1 aromatic rings. The van der Waals surface area contributed by atoms with E-state index in [1.807, 2.05) is 4.90 Å². The number of guanidine groups is 2. The average Bonchev–Trinajstić information content (AvgIpc) is 2.48. The van der Waals surface area contributed by atoms with Crippen LogP contribution in [0.15, 0.2) is 34.3 Å². The number of hydrogen-bond acceptors (Lipinski definition) is 6. The van der Waals surface area contributed by atoms with E-state index in [9.17, 15) is 8.78 Å². The minimum Gasteiger partial charge on any atom is -0.435 e. The second kappa shape index (κ2) is 6.02. The first-order chi connectivity index (χ1) is 11.0. The summed E-state index contributed by atoms with van der Waals surface area (Å²) in [6.07, 6.45) is 4.82. The van der Waals surface area contributed by atoms with Crippen molar-refractivity contribution in [3.63, 3.8) is 0 Å². The third kappa shape index (κ3) is 3.06. The van der Waals surface area contributed by atoms with Crippen LogP contribution in [0.5, 0.6) is 5.75 Å². The predicted octanol–water partition coefficient (Wildman–Crippen LogP) is 2.40. The Bertz CT molecular complexity index is 623. The molecule has 0 saturated heterocycles. The molecule has 1 saturated carbocycles. The summed E-state index contributed by atoms with van der Waals surface area (Å²) < 4.78 is 28.9. The Morgan fingerprint density at radius 3 is 2.35 bits per heavy atom. The van der Waals surface area contributed by atoms with Gasteiger partial charge in [0.15, 0.2) is 0 Å². The van der Waals surface area contributed by atoms with Gasteiger partial charge in [-0.05, 0) is 49.9 Å². The molecule has 1 aromatic carbocycles. The molecule has 1 aliphatic carbocycles. The van der Waals surface area contributed by atoms with Crippen molar-refractivity contribution in [1.29, 1.82) is 0 Å². The van der Waals surface area contributed by atoms with Crippen molar-refractivity contribution < 1.29 is 13.5 Å². The highest BCUT2D eigenvalue weighted by Gasteiger charge is 2.42. The maximum Gasteiger partial charge on any atom is 0.387 e. The second-order valence-corrected chi connectivity index (χ2v) is 5.69. The molecule has 1 fully saturated rings. The van der Waals surface area contributed by atoms with Crippen LogP contribution in [0.2, 0.25) is 0 Å². The van der Waals surface area contributed by atoms with E-state index in [1.54, 1.807) is 12.1 Å². The fraction of sp³-hybridized carbons (Fsp3) is 0.467. The average molecular weight is 323 g/mol. The van der Waals surface area contributed by atoms with Crippen molar-refractivity contribution in [3.05, 3.63) is 24.3 Å². The summed E-state index contributed by atoms with van der Waals surface area (Å²) in [5.41, 5.74) is 12.1. The zero-order valence-corrected chi connectivity index (χ0v) is 12.6. The Hall–Kier alpha value is -2.38. The van der Waals surface area contributed by atoms with Gasteiger partial charge in [-0.15, -0.1) is 0 Å². The van der Waals surface area contributed by atoms with E-state index < -0.39 is 12.3 Å². The second-order valence-electron chi connectivity index (χ2n) is 5.69. The molecule has 0 radical (unpaired) electrons. The third-order valence-corrected chi connectivity index (χ3v) is 4.17. The van der Waals surface area contributed by atoms with Gasteiger partial charge in [-0.1, -0.05) is 6.42 Å². The quantitative estimate of drug-likeness (QED) is 0.894. The van der Waals surface area contributed by atoms with Crippen molar-refractivity contribution in [2.75, 3.05) is 4.90 Å². The highest BCUT2D eigenvalue weighted by Crippen LogP contribution is 2.39. The monoisotopic (exact) mass is 323 g/mol. The van der Waals surface area contributed by atoms with E-state index in [4.69, 9.17) is 11.5 Å². The fourth-order valence-electron chi connectivity index (χ4n) is 3.27. The van der Waals surface area contributed by atoms with Crippen molar-refractivity contribution in [1.82, 2.24) is 0 Å². The molecule has 1 heterocycles. The maximum absolute atomic E-state index is 12.3. The molecule has 8 heteroatoms. The van der Waals surface area contributed by atoms with Gasteiger partial charge in [0.2, 0.25) is 11.9 Å². The molecule has 3 rings (SSSR count). The Kier molecular flexibility index (Phi) is 4.06. The van der Waals surface area contributed by atoms with Crippen molar-refractivity contribution >= 4 is 17.6 Å². The summed E-state index contributed by atoms with van der Waals surface area (Å²) in [6.45, 7) is -2.85. The van der Waals surface area contributed by atoms with Crippen LogP contribution in [0.1, 0.15) is 32.1 Å². The predicted molar refractivity (Wildman–Crippen MR) is 84.6 cm³/mol. The number of alkyl halides is 2. The van der Waals surface area contributed by atoms with Crippen LogP contribution in [0.3, 0.4) is 0 Å². The van der Waals surface area contributed by atoms with Crippen LogP contribution >= 0.6 is 0 Å². The first-order valence-corrected chi connectivity index (χ1v) is 7.55. The van der Waals surface area contributed by atoms with Crippen molar-refractivity contribution in [3.8, 4) is 5.75 Å². The fourth-order valence-corrected chi connectivity index (χ4v) is 3.27. The van der Waals surface area contributed by atoms with Gasteiger partial charge in [-0.25, -0.2) is 4.99 Å². The first kappa shape index (κ1) is 15.5. The maximum atomic E-state index is 12.3. The number of anilines is 1. The Labute approximate surface area is 132 Å². The zero-order valence-electron chi connectivity index (χ0n) is 12.6. The lowest BCUT2D eigenvalue weighted by molar-refractivity contribution is -0.0498. The Balaban J connectivity index is 1.93. The van der Waals surface area contributed by atoms with Crippen molar-refractivity contribution in [2.45, 2.75) is 44.4 Å². The van der Waals surface area contributed by atoms with E-state index >= 15 is 0 Å². The summed E-state index contributed by atoms with van der Waals surface area (Å²) in [5, 5.41) is 0. The van der Waals surface area contributed by atoms with Crippen LogP contribution in [-0.2, 0) is 0 Å². The molecule has 6 nitrogen and oxygen atoms in total. The molecule has 0 unspecified atom stereocenters. The number of aliphatic imine (C=N–C) groups is 2. The van der Waals surface area contributed by atoms with E-state index in [-0.39, 0.29) is 17.7 Å². The first-order valence-electron chi connectivity index (χ1n) is 7.55. The number of ether oxygens (including phenoxy) is 1. The molecule has 0 amide bonds. The van der Waals surface area contributed by atoms with E-state index in [0.29, 0.717) is 0 Å². The standard InChI is InChI=1S/C15H19F2N5O/c16-12(17)23-11-6-4-10(5-7-11)22-14(19)20-13(18)21-15(22)8-2-1-3-9-15/h4-7,12H,1-3,8-9H2,(H4,18,19,20,21). The molecular weight excluding hydrogens is 304 g/mol. The number of halogens is 2. The number of benzene rings is 1. The lowest BCUT2D eigenvalue weighted by Crippen LogP contribution is -2.58. The molecule has 1 spiro atoms.